The molecule has 0 saturated carbocycles. The number of halogens is 3. The van der Waals surface area contributed by atoms with E-state index in [2.05, 4.69) is 47.5 Å². The van der Waals surface area contributed by atoms with E-state index >= 15 is 0 Å². The predicted octanol–water partition coefficient (Wildman–Crippen LogP) is 2.79. The zero-order valence-corrected chi connectivity index (χ0v) is 13.0. The number of rotatable bonds is 3. The van der Waals surface area contributed by atoms with E-state index in [0.29, 0.717) is 10.2 Å². The van der Waals surface area contributed by atoms with Gasteiger partial charge in [-0.05, 0) is 41.2 Å². The minimum atomic E-state index is -0.322. The van der Waals surface area contributed by atoms with Crippen LogP contribution in [0.5, 0.6) is 0 Å². The topological polar surface area (TPSA) is 42.7 Å². The molecule has 1 unspecified atom stereocenters. The van der Waals surface area contributed by atoms with Crippen molar-refractivity contribution in [3.05, 3.63) is 44.3 Å². The van der Waals surface area contributed by atoms with Gasteiger partial charge in [0, 0.05) is 17.1 Å². The molecule has 0 bridgehead atoms. The second kappa shape index (κ2) is 5.46. The molecule has 0 aliphatic rings. The molecule has 1 aromatic carbocycles. The van der Waals surface area contributed by atoms with Gasteiger partial charge < -0.3 is 5.32 Å². The Morgan fingerprint density at radius 3 is 2.67 bits per heavy atom. The molecule has 0 aliphatic carbocycles. The Bertz CT molecular complexity index is 551. The molecule has 96 valence electrons. The first-order valence-corrected chi connectivity index (χ1v) is 6.80. The van der Waals surface area contributed by atoms with Gasteiger partial charge in [-0.1, -0.05) is 21.1 Å². The Balaban J connectivity index is 2.55. The molecule has 0 fully saturated rings. The minimum Gasteiger partial charge on any atom is -0.308 e. The van der Waals surface area contributed by atoms with Crippen molar-refractivity contribution in [3.63, 3.8) is 0 Å². The SMILES string of the molecule is CNC(c1cc(Br)ccc1F)c1c(Br)nnn1C. The van der Waals surface area contributed by atoms with Crippen LogP contribution in [0.2, 0.25) is 0 Å². The van der Waals surface area contributed by atoms with E-state index in [4.69, 9.17) is 0 Å². The highest BCUT2D eigenvalue weighted by Crippen LogP contribution is 2.29. The molecule has 0 radical (unpaired) electrons. The molecule has 2 aromatic rings. The predicted molar refractivity (Wildman–Crippen MR) is 73.7 cm³/mol. The molecule has 0 aliphatic heterocycles. The van der Waals surface area contributed by atoms with E-state index in [0.717, 1.165) is 10.2 Å². The van der Waals surface area contributed by atoms with Gasteiger partial charge in [0.25, 0.3) is 0 Å². The lowest BCUT2D eigenvalue weighted by Crippen LogP contribution is -2.22. The molecule has 0 spiro atoms. The summed E-state index contributed by atoms with van der Waals surface area (Å²) >= 11 is 6.68. The largest absolute Gasteiger partial charge is 0.308 e. The number of nitrogens with zero attached hydrogens (tertiary/aromatic N) is 3. The lowest BCUT2D eigenvalue weighted by molar-refractivity contribution is 0.548. The average molecular weight is 378 g/mol. The Morgan fingerprint density at radius 2 is 2.11 bits per heavy atom. The second-order valence-electron chi connectivity index (χ2n) is 3.78. The lowest BCUT2D eigenvalue weighted by atomic mass is 10.0. The van der Waals surface area contributed by atoms with Gasteiger partial charge in [0.2, 0.25) is 0 Å². The summed E-state index contributed by atoms with van der Waals surface area (Å²) in [7, 11) is 3.54. The number of aromatic nitrogens is 3. The molecule has 0 amide bonds. The van der Waals surface area contributed by atoms with Crippen LogP contribution >= 0.6 is 31.9 Å². The van der Waals surface area contributed by atoms with Gasteiger partial charge in [0.05, 0.1) is 11.7 Å². The molecule has 1 atom stereocenters. The molecule has 1 N–H and O–H groups in total. The van der Waals surface area contributed by atoms with Crippen LogP contribution in [-0.4, -0.2) is 22.0 Å². The molecule has 1 heterocycles. The number of aryl methyl sites for hydroxylation is 1. The molecule has 0 saturated heterocycles. The smallest absolute Gasteiger partial charge is 0.153 e. The van der Waals surface area contributed by atoms with Crippen LogP contribution in [0.25, 0.3) is 0 Å². The molecular weight excluding hydrogens is 367 g/mol. The summed E-state index contributed by atoms with van der Waals surface area (Å²) in [4.78, 5) is 0. The van der Waals surface area contributed by atoms with Gasteiger partial charge in [-0.2, -0.15) is 0 Å². The standard InChI is InChI=1S/C11H11Br2FN4/c1-15-9(10-11(13)16-17-18(10)2)7-5-6(12)3-4-8(7)14/h3-5,9,15H,1-2H3. The van der Waals surface area contributed by atoms with E-state index in [-0.39, 0.29) is 11.9 Å². The van der Waals surface area contributed by atoms with Gasteiger partial charge in [0.1, 0.15) is 5.82 Å². The van der Waals surface area contributed by atoms with E-state index in [1.807, 2.05) is 0 Å². The number of nitrogens with one attached hydrogen (secondary N) is 1. The number of hydrogen-bond acceptors (Lipinski definition) is 3. The van der Waals surface area contributed by atoms with E-state index in [1.165, 1.54) is 6.07 Å². The van der Waals surface area contributed by atoms with E-state index in [9.17, 15) is 4.39 Å². The van der Waals surface area contributed by atoms with Crippen LogP contribution in [0.4, 0.5) is 4.39 Å². The third kappa shape index (κ3) is 2.48. The van der Waals surface area contributed by atoms with Crippen molar-refractivity contribution < 1.29 is 4.39 Å². The van der Waals surface area contributed by atoms with Crippen molar-refractivity contribution in [1.82, 2.24) is 20.3 Å². The van der Waals surface area contributed by atoms with Gasteiger partial charge in [-0.25, -0.2) is 9.07 Å². The van der Waals surface area contributed by atoms with Crippen molar-refractivity contribution in [2.75, 3.05) is 7.05 Å². The van der Waals surface area contributed by atoms with Crippen molar-refractivity contribution in [1.29, 1.82) is 0 Å². The summed E-state index contributed by atoms with van der Waals surface area (Å²) in [5.41, 5.74) is 1.31. The number of benzene rings is 1. The maximum absolute atomic E-state index is 13.9. The van der Waals surface area contributed by atoms with Gasteiger partial charge in [-0.3, -0.25) is 0 Å². The average Bonchev–Trinajstić information content (AvgIpc) is 2.66. The van der Waals surface area contributed by atoms with Crippen molar-refractivity contribution >= 4 is 31.9 Å². The Labute approximate surface area is 121 Å². The Kier molecular flexibility index (Phi) is 4.14. The summed E-state index contributed by atoms with van der Waals surface area (Å²) in [5.74, 6) is -0.273. The molecule has 4 nitrogen and oxygen atoms in total. The second-order valence-corrected chi connectivity index (χ2v) is 5.44. The maximum atomic E-state index is 13.9. The van der Waals surface area contributed by atoms with Crippen molar-refractivity contribution in [2.24, 2.45) is 7.05 Å². The Hall–Kier alpha value is -0.790. The van der Waals surface area contributed by atoms with Gasteiger partial charge in [-0.15, -0.1) is 5.10 Å². The summed E-state index contributed by atoms with van der Waals surface area (Å²) in [6.45, 7) is 0. The normalized spacial score (nSPS) is 12.7. The molecular formula is C11H11Br2FN4. The van der Waals surface area contributed by atoms with Crippen LogP contribution in [0.1, 0.15) is 17.3 Å². The van der Waals surface area contributed by atoms with Crippen molar-refractivity contribution in [3.8, 4) is 0 Å². The first-order chi connectivity index (χ1) is 8.54. The van der Waals surface area contributed by atoms with Crippen LogP contribution in [0.3, 0.4) is 0 Å². The summed E-state index contributed by atoms with van der Waals surface area (Å²) in [6, 6.07) is 4.52. The Morgan fingerprint density at radius 1 is 1.39 bits per heavy atom. The summed E-state index contributed by atoms with van der Waals surface area (Å²) in [5, 5.41) is 10.9. The summed E-state index contributed by atoms with van der Waals surface area (Å²) < 4.78 is 17.0. The van der Waals surface area contributed by atoms with Crippen LogP contribution < -0.4 is 5.32 Å². The first kappa shape index (κ1) is 13.6. The third-order valence-electron chi connectivity index (χ3n) is 2.66. The van der Waals surface area contributed by atoms with Gasteiger partial charge in [0.15, 0.2) is 4.60 Å². The number of hydrogen-bond donors (Lipinski definition) is 1. The lowest BCUT2D eigenvalue weighted by Gasteiger charge is -2.18. The third-order valence-corrected chi connectivity index (χ3v) is 3.72. The van der Waals surface area contributed by atoms with Crippen LogP contribution in [0.15, 0.2) is 27.3 Å². The monoisotopic (exact) mass is 376 g/mol. The molecule has 1 aromatic heterocycles. The highest BCUT2D eigenvalue weighted by Gasteiger charge is 2.23. The van der Waals surface area contributed by atoms with E-state index < -0.39 is 0 Å². The fraction of sp³-hybridized carbons (Fsp3) is 0.273. The first-order valence-electron chi connectivity index (χ1n) is 5.22. The summed E-state index contributed by atoms with van der Waals surface area (Å²) in [6.07, 6.45) is 0. The fourth-order valence-electron chi connectivity index (χ4n) is 1.82. The molecule has 18 heavy (non-hydrogen) atoms. The van der Waals surface area contributed by atoms with Crippen LogP contribution in [0, 0.1) is 5.82 Å². The van der Waals surface area contributed by atoms with Gasteiger partial charge >= 0.3 is 0 Å². The highest BCUT2D eigenvalue weighted by molar-refractivity contribution is 9.10. The van der Waals surface area contributed by atoms with Crippen LogP contribution in [-0.2, 0) is 7.05 Å². The fourth-order valence-corrected chi connectivity index (χ4v) is 2.76. The van der Waals surface area contributed by atoms with Crippen molar-refractivity contribution in [2.45, 2.75) is 6.04 Å². The quantitative estimate of drug-likeness (QED) is 0.894. The molecule has 2 rings (SSSR count). The maximum Gasteiger partial charge on any atom is 0.153 e. The minimum absolute atomic E-state index is 0.273. The molecule has 7 heteroatoms. The zero-order valence-electron chi connectivity index (χ0n) is 9.78. The highest BCUT2D eigenvalue weighted by atomic mass is 79.9. The van der Waals surface area contributed by atoms with E-state index in [1.54, 1.807) is 30.9 Å². The zero-order chi connectivity index (χ0) is 13.3.